The van der Waals surface area contributed by atoms with E-state index in [-0.39, 0.29) is 11.4 Å². The number of pyridine rings is 1. The monoisotopic (exact) mass is 255 g/mol. The Morgan fingerprint density at radius 2 is 1.88 bits per heavy atom. The van der Waals surface area contributed by atoms with Gasteiger partial charge in [-0.1, -0.05) is 0 Å². The van der Waals surface area contributed by atoms with Crippen molar-refractivity contribution in [2.45, 2.75) is 12.1 Å². The maximum Gasteiger partial charge on any atom is 0.456 e. The Hall–Kier alpha value is -1.73. The summed E-state index contributed by atoms with van der Waals surface area (Å²) in [4.78, 5) is 13.6. The highest BCUT2D eigenvalue weighted by Crippen LogP contribution is 2.35. The van der Waals surface area contributed by atoms with Crippen molar-refractivity contribution in [3.63, 3.8) is 0 Å². The molecule has 0 aliphatic rings. The van der Waals surface area contributed by atoms with Crippen LogP contribution in [0.15, 0.2) is 18.3 Å². The zero-order valence-electron chi connectivity index (χ0n) is 8.17. The average molecular weight is 255 g/mol. The Morgan fingerprint density at radius 3 is 2.29 bits per heavy atom. The third kappa shape index (κ3) is 3.36. The summed E-state index contributed by atoms with van der Waals surface area (Å²) in [7, 11) is 0. The SMILES string of the molecule is O=Cc1ccc(OCC(F)(F)C(F)(F)F)cn1. The molecular formula is C9H6F5NO2. The van der Waals surface area contributed by atoms with E-state index in [1.54, 1.807) is 0 Å². The molecule has 8 heteroatoms. The molecule has 3 nitrogen and oxygen atoms in total. The molecule has 0 saturated carbocycles. The Bertz CT molecular complexity index is 387. The van der Waals surface area contributed by atoms with Gasteiger partial charge >= 0.3 is 12.1 Å². The van der Waals surface area contributed by atoms with Crippen LogP contribution in [0.3, 0.4) is 0 Å². The lowest BCUT2D eigenvalue weighted by atomic mass is 10.3. The molecule has 0 atom stereocenters. The highest BCUT2D eigenvalue weighted by atomic mass is 19.4. The number of carbonyl (C=O) groups is 1. The number of halogens is 5. The smallest absolute Gasteiger partial charge is 0.456 e. The van der Waals surface area contributed by atoms with Crippen LogP contribution in [-0.2, 0) is 0 Å². The van der Waals surface area contributed by atoms with Gasteiger partial charge in [0.2, 0.25) is 0 Å². The van der Waals surface area contributed by atoms with E-state index in [9.17, 15) is 26.7 Å². The number of ether oxygens (including phenoxy) is 1. The van der Waals surface area contributed by atoms with Gasteiger partial charge in [-0.3, -0.25) is 4.79 Å². The van der Waals surface area contributed by atoms with E-state index < -0.39 is 18.7 Å². The molecule has 1 heterocycles. The fourth-order valence-corrected chi connectivity index (χ4v) is 0.803. The molecule has 1 aromatic heterocycles. The summed E-state index contributed by atoms with van der Waals surface area (Å²) in [6.45, 7) is -1.83. The minimum atomic E-state index is -5.66. The van der Waals surface area contributed by atoms with Crippen LogP contribution in [0.4, 0.5) is 22.0 Å². The van der Waals surface area contributed by atoms with Gasteiger partial charge in [0.1, 0.15) is 11.4 Å². The second-order valence-electron chi connectivity index (χ2n) is 3.03. The molecule has 0 bridgehead atoms. The van der Waals surface area contributed by atoms with Crippen LogP contribution in [-0.4, -0.2) is 30.0 Å². The number of hydrogen-bond acceptors (Lipinski definition) is 3. The molecular weight excluding hydrogens is 249 g/mol. The van der Waals surface area contributed by atoms with Gasteiger partial charge in [-0.25, -0.2) is 4.98 Å². The number of nitrogens with zero attached hydrogens (tertiary/aromatic N) is 1. The van der Waals surface area contributed by atoms with Crippen molar-refractivity contribution in [1.82, 2.24) is 4.98 Å². The first-order valence-electron chi connectivity index (χ1n) is 4.25. The van der Waals surface area contributed by atoms with Crippen LogP contribution < -0.4 is 4.74 Å². The number of rotatable bonds is 4. The first kappa shape index (κ1) is 13.3. The molecule has 0 aliphatic heterocycles. The second kappa shape index (κ2) is 4.64. The van der Waals surface area contributed by atoms with Crippen molar-refractivity contribution in [1.29, 1.82) is 0 Å². The molecule has 0 spiro atoms. The van der Waals surface area contributed by atoms with Crippen LogP contribution in [0, 0.1) is 0 Å². The molecule has 0 aromatic carbocycles. The number of carbonyl (C=O) groups excluding carboxylic acids is 1. The van der Waals surface area contributed by atoms with Crippen LogP contribution in [0.5, 0.6) is 5.75 Å². The van der Waals surface area contributed by atoms with Gasteiger partial charge in [-0.15, -0.1) is 0 Å². The molecule has 0 amide bonds. The minimum absolute atomic E-state index is 0.0138. The van der Waals surface area contributed by atoms with E-state index in [0.717, 1.165) is 18.3 Å². The summed E-state index contributed by atoms with van der Waals surface area (Å²) in [5.74, 6) is -5.21. The number of aromatic nitrogens is 1. The Morgan fingerprint density at radius 1 is 1.24 bits per heavy atom. The molecule has 94 valence electrons. The summed E-state index contributed by atoms with van der Waals surface area (Å²) >= 11 is 0. The molecule has 0 unspecified atom stereocenters. The van der Waals surface area contributed by atoms with Gasteiger partial charge < -0.3 is 4.74 Å². The van der Waals surface area contributed by atoms with Crippen LogP contribution in [0.25, 0.3) is 0 Å². The second-order valence-corrected chi connectivity index (χ2v) is 3.03. The number of alkyl halides is 5. The Balaban J connectivity index is 2.64. The van der Waals surface area contributed by atoms with Gasteiger partial charge in [0.05, 0.1) is 6.20 Å². The predicted molar refractivity (Wildman–Crippen MR) is 46.1 cm³/mol. The molecule has 0 saturated heterocycles. The molecule has 0 radical (unpaired) electrons. The molecule has 17 heavy (non-hydrogen) atoms. The molecule has 0 aliphatic carbocycles. The third-order valence-corrected chi connectivity index (χ3v) is 1.71. The van der Waals surface area contributed by atoms with Crippen molar-refractivity contribution in [3.8, 4) is 5.75 Å². The minimum Gasteiger partial charge on any atom is -0.485 e. The first-order chi connectivity index (χ1) is 7.76. The molecule has 1 rings (SSSR count). The van der Waals surface area contributed by atoms with Gasteiger partial charge in [0.25, 0.3) is 0 Å². The largest absolute Gasteiger partial charge is 0.485 e. The standard InChI is InChI=1S/C9H6F5NO2/c10-8(11,9(12,13)14)5-17-7-2-1-6(4-16)15-3-7/h1-4H,5H2. The summed E-state index contributed by atoms with van der Waals surface area (Å²) in [6.07, 6.45) is -4.38. The summed E-state index contributed by atoms with van der Waals surface area (Å²) in [5, 5.41) is 0. The van der Waals surface area contributed by atoms with E-state index in [0.29, 0.717) is 6.29 Å². The van der Waals surface area contributed by atoms with Gasteiger partial charge in [0.15, 0.2) is 12.9 Å². The highest BCUT2D eigenvalue weighted by Gasteiger charge is 2.58. The third-order valence-electron chi connectivity index (χ3n) is 1.71. The first-order valence-corrected chi connectivity index (χ1v) is 4.25. The maximum atomic E-state index is 12.4. The van der Waals surface area contributed by atoms with Gasteiger partial charge in [-0.2, -0.15) is 22.0 Å². The Kier molecular flexibility index (Phi) is 3.64. The quantitative estimate of drug-likeness (QED) is 0.612. The van der Waals surface area contributed by atoms with E-state index in [4.69, 9.17) is 0 Å². The van der Waals surface area contributed by atoms with E-state index in [2.05, 4.69) is 9.72 Å². The van der Waals surface area contributed by atoms with E-state index >= 15 is 0 Å². The van der Waals surface area contributed by atoms with Crippen molar-refractivity contribution in [2.75, 3.05) is 6.61 Å². The molecule has 0 N–H and O–H groups in total. The predicted octanol–water partition coefficient (Wildman–Crippen LogP) is 2.47. The zero-order valence-corrected chi connectivity index (χ0v) is 8.17. The van der Waals surface area contributed by atoms with Crippen molar-refractivity contribution < 1.29 is 31.5 Å². The van der Waals surface area contributed by atoms with Crippen molar-refractivity contribution in [2.24, 2.45) is 0 Å². The normalized spacial score (nSPS) is 12.3. The summed E-state index contributed by atoms with van der Waals surface area (Å²) in [6, 6.07) is 2.21. The van der Waals surface area contributed by atoms with Crippen LogP contribution >= 0.6 is 0 Å². The van der Waals surface area contributed by atoms with E-state index in [1.807, 2.05) is 0 Å². The molecule has 1 aromatic rings. The topological polar surface area (TPSA) is 39.2 Å². The maximum absolute atomic E-state index is 12.4. The van der Waals surface area contributed by atoms with E-state index in [1.165, 1.54) is 0 Å². The summed E-state index contributed by atoms with van der Waals surface area (Å²) in [5.41, 5.74) is 0.0138. The van der Waals surface area contributed by atoms with Gasteiger partial charge in [-0.05, 0) is 12.1 Å². The van der Waals surface area contributed by atoms with Gasteiger partial charge in [0, 0.05) is 0 Å². The fraction of sp³-hybridized carbons (Fsp3) is 0.333. The summed E-state index contributed by atoms with van der Waals surface area (Å²) < 4.78 is 64.4. The fourth-order valence-electron chi connectivity index (χ4n) is 0.803. The lowest BCUT2D eigenvalue weighted by Crippen LogP contribution is -2.41. The highest BCUT2D eigenvalue weighted by molar-refractivity contribution is 5.71. The van der Waals surface area contributed by atoms with Crippen molar-refractivity contribution in [3.05, 3.63) is 24.0 Å². The molecule has 0 fully saturated rings. The lowest BCUT2D eigenvalue weighted by molar-refractivity contribution is -0.290. The lowest BCUT2D eigenvalue weighted by Gasteiger charge is -2.19. The average Bonchev–Trinajstić information content (AvgIpc) is 2.25. The van der Waals surface area contributed by atoms with Crippen molar-refractivity contribution >= 4 is 6.29 Å². The van der Waals surface area contributed by atoms with Crippen LogP contribution in [0.2, 0.25) is 0 Å². The Labute approximate surface area is 92.2 Å². The van der Waals surface area contributed by atoms with Crippen LogP contribution in [0.1, 0.15) is 10.5 Å². The zero-order chi connectivity index (χ0) is 13.1. The number of hydrogen-bond donors (Lipinski definition) is 0. The number of aldehydes is 1.